The predicted molar refractivity (Wildman–Crippen MR) is 30.3 cm³/mol. The van der Waals surface area contributed by atoms with Crippen molar-refractivity contribution in [3.8, 4) is 0 Å². The lowest BCUT2D eigenvalue weighted by molar-refractivity contribution is -0.104. The Morgan fingerprint density at radius 1 is 1.57 bits per heavy atom. The number of carbonyl (C=O) groups excluding carboxylic acids is 1. The molecule has 0 aliphatic heterocycles. The summed E-state index contributed by atoms with van der Waals surface area (Å²) in [6, 6.07) is 0. The van der Waals surface area contributed by atoms with Gasteiger partial charge in [-0.2, -0.15) is 0 Å². The highest BCUT2D eigenvalue weighted by Crippen LogP contribution is 2.03. The summed E-state index contributed by atoms with van der Waals surface area (Å²) >= 11 is 5.38. The molecule has 0 saturated heterocycles. The van der Waals surface area contributed by atoms with Crippen molar-refractivity contribution in [3.63, 3.8) is 0 Å². The standard InChI is InChI=1S/C5H7ClO/c1-4(3-7)5(2)6/h3H,1-2H3/b5-4-. The molecule has 0 radical (unpaired) electrons. The molecule has 0 aromatic rings. The van der Waals surface area contributed by atoms with Gasteiger partial charge in [-0.15, -0.1) is 0 Å². The van der Waals surface area contributed by atoms with Gasteiger partial charge in [0.05, 0.1) is 0 Å². The second-order valence-corrected chi connectivity index (χ2v) is 1.90. The molecular weight excluding hydrogens is 112 g/mol. The first kappa shape index (κ1) is 6.70. The molecule has 0 aliphatic rings. The molecule has 2 heteroatoms. The normalized spacial score (nSPS) is 13.0. The van der Waals surface area contributed by atoms with E-state index in [2.05, 4.69) is 0 Å². The van der Waals surface area contributed by atoms with Crippen LogP contribution < -0.4 is 0 Å². The SMILES string of the molecule is C/C(Cl)=C(\C)C=O. The maximum Gasteiger partial charge on any atom is 0.146 e. The van der Waals surface area contributed by atoms with Crippen LogP contribution >= 0.6 is 11.6 Å². The lowest BCUT2D eigenvalue weighted by Crippen LogP contribution is -1.75. The number of halogens is 1. The van der Waals surface area contributed by atoms with Gasteiger partial charge in [0.2, 0.25) is 0 Å². The number of carbonyl (C=O) groups is 1. The second-order valence-electron chi connectivity index (χ2n) is 1.33. The minimum absolute atomic E-state index is 0.565. The first-order valence-corrected chi connectivity index (χ1v) is 2.34. The molecule has 1 nitrogen and oxygen atoms in total. The van der Waals surface area contributed by atoms with E-state index >= 15 is 0 Å². The fourth-order valence-electron chi connectivity index (χ4n) is 0.0812. The van der Waals surface area contributed by atoms with Crippen LogP contribution in [0.15, 0.2) is 10.6 Å². The molecule has 0 fully saturated rings. The maximum absolute atomic E-state index is 9.80. The van der Waals surface area contributed by atoms with Gasteiger partial charge in [0, 0.05) is 10.6 Å². The Morgan fingerprint density at radius 2 is 2.00 bits per heavy atom. The van der Waals surface area contributed by atoms with Gasteiger partial charge in [-0.25, -0.2) is 0 Å². The monoisotopic (exact) mass is 118 g/mol. The van der Waals surface area contributed by atoms with Crippen LogP contribution in [0.2, 0.25) is 0 Å². The second kappa shape index (κ2) is 2.80. The highest BCUT2D eigenvalue weighted by molar-refractivity contribution is 6.30. The third-order valence-electron chi connectivity index (χ3n) is 0.720. The van der Waals surface area contributed by atoms with Crippen molar-refractivity contribution < 1.29 is 4.79 Å². The van der Waals surface area contributed by atoms with Gasteiger partial charge in [0.1, 0.15) is 6.29 Å². The fourth-order valence-corrected chi connectivity index (χ4v) is 0.126. The maximum atomic E-state index is 9.80. The topological polar surface area (TPSA) is 17.1 Å². The number of hydrogen-bond acceptors (Lipinski definition) is 1. The van der Waals surface area contributed by atoms with E-state index in [-0.39, 0.29) is 0 Å². The minimum atomic E-state index is 0.565. The van der Waals surface area contributed by atoms with Gasteiger partial charge >= 0.3 is 0 Å². The van der Waals surface area contributed by atoms with E-state index in [4.69, 9.17) is 11.6 Å². The average molecular weight is 119 g/mol. The largest absolute Gasteiger partial charge is 0.298 e. The van der Waals surface area contributed by atoms with E-state index in [0.717, 1.165) is 6.29 Å². The summed E-state index contributed by atoms with van der Waals surface area (Å²) in [7, 11) is 0. The highest BCUT2D eigenvalue weighted by atomic mass is 35.5. The molecule has 0 atom stereocenters. The van der Waals surface area contributed by atoms with Crippen molar-refractivity contribution in [2.45, 2.75) is 13.8 Å². The van der Waals surface area contributed by atoms with Crippen LogP contribution in [0.4, 0.5) is 0 Å². The number of aldehydes is 1. The van der Waals surface area contributed by atoms with Crippen molar-refractivity contribution in [2.75, 3.05) is 0 Å². The molecule has 0 aromatic carbocycles. The van der Waals surface area contributed by atoms with E-state index < -0.39 is 0 Å². The molecule has 0 aromatic heterocycles. The quantitative estimate of drug-likeness (QED) is 0.379. The van der Waals surface area contributed by atoms with Gasteiger partial charge in [-0.1, -0.05) is 11.6 Å². The molecular formula is C5H7ClO. The molecule has 0 N–H and O–H groups in total. The van der Waals surface area contributed by atoms with Gasteiger partial charge in [-0.05, 0) is 13.8 Å². The van der Waals surface area contributed by atoms with Crippen molar-refractivity contribution in [1.29, 1.82) is 0 Å². The van der Waals surface area contributed by atoms with E-state index in [9.17, 15) is 4.79 Å². The number of hydrogen-bond donors (Lipinski definition) is 0. The van der Waals surface area contributed by atoms with Crippen LogP contribution in [0, 0.1) is 0 Å². The smallest absolute Gasteiger partial charge is 0.146 e. The molecule has 0 bridgehead atoms. The first-order valence-electron chi connectivity index (χ1n) is 1.96. The third kappa shape index (κ3) is 2.40. The summed E-state index contributed by atoms with van der Waals surface area (Å²) in [5.41, 5.74) is 0.599. The summed E-state index contributed by atoms with van der Waals surface area (Å²) in [5.74, 6) is 0. The Labute approximate surface area is 48.0 Å². The summed E-state index contributed by atoms with van der Waals surface area (Å²) < 4.78 is 0. The van der Waals surface area contributed by atoms with Gasteiger partial charge in [-0.3, -0.25) is 4.79 Å². The van der Waals surface area contributed by atoms with E-state index in [1.165, 1.54) is 0 Å². The first-order chi connectivity index (χ1) is 3.18. The Morgan fingerprint density at radius 3 is 2.00 bits per heavy atom. The van der Waals surface area contributed by atoms with Crippen LogP contribution in [-0.2, 0) is 4.79 Å². The molecule has 7 heavy (non-hydrogen) atoms. The van der Waals surface area contributed by atoms with Crippen LogP contribution in [0.5, 0.6) is 0 Å². The lowest BCUT2D eigenvalue weighted by atomic mass is 10.3. The molecule has 0 heterocycles. The zero-order chi connectivity index (χ0) is 5.86. The highest BCUT2D eigenvalue weighted by Gasteiger charge is 1.85. The summed E-state index contributed by atoms with van der Waals surface area (Å²) in [6.07, 6.45) is 0.738. The van der Waals surface area contributed by atoms with Crippen molar-refractivity contribution in [1.82, 2.24) is 0 Å². The molecule has 0 saturated carbocycles. The fraction of sp³-hybridized carbons (Fsp3) is 0.400. The van der Waals surface area contributed by atoms with Gasteiger partial charge in [0.25, 0.3) is 0 Å². The Balaban J connectivity index is 3.98. The lowest BCUT2D eigenvalue weighted by Gasteiger charge is -1.84. The Hall–Kier alpha value is -0.300. The zero-order valence-corrected chi connectivity index (χ0v) is 5.12. The van der Waals surface area contributed by atoms with Crippen LogP contribution in [0.25, 0.3) is 0 Å². The van der Waals surface area contributed by atoms with Gasteiger partial charge in [0.15, 0.2) is 0 Å². The van der Waals surface area contributed by atoms with Gasteiger partial charge < -0.3 is 0 Å². The Bertz CT molecular complexity index is 101. The summed E-state index contributed by atoms with van der Waals surface area (Å²) in [5, 5.41) is 0.565. The zero-order valence-electron chi connectivity index (χ0n) is 4.36. The van der Waals surface area contributed by atoms with E-state index in [1.807, 2.05) is 0 Å². The minimum Gasteiger partial charge on any atom is -0.298 e. The van der Waals surface area contributed by atoms with Crippen molar-refractivity contribution in [2.24, 2.45) is 0 Å². The van der Waals surface area contributed by atoms with Crippen LogP contribution in [0.1, 0.15) is 13.8 Å². The molecule has 0 spiro atoms. The molecule has 0 rings (SSSR count). The molecule has 40 valence electrons. The molecule has 0 aliphatic carbocycles. The summed E-state index contributed by atoms with van der Waals surface area (Å²) in [6.45, 7) is 3.36. The van der Waals surface area contributed by atoms with E-state index in [1.54, 1.807) is 13.8 Å². The molecule has 0 amide bonds. The summed E-state index contributed by atoms with van der Waals surface area (Å²) in [4.78, 5) is 9.80. The van der Waals surface area contributed by atoms with Crippen molar-refractivity contribution in [3.05, 3.63) is 10.6 Å². The van der Waals surface area contributed by atoms with Crippen molar-refractivity contribution >= 4 is 17.9 Å². The molecule has 0 unspecified atom stereocenters. The average Bonchev–Trinajstić information content (AvgIpc) is 1.65. The van der Waals surface area contributed by atoms with E-state index in [0.29, 0.717) is 10.6 Å². The third-order valence-corrected chi connectivity index (χ3v) is 1.02. The number of rotatable bonds is 1. The van der Waals surface area contributed by atoms with Crippen LogP contribution in [0.3, 0.4) is 0 Å². The number of allylic oxidation sites excluding steroid dienone is 2. The Kier molecular flexibility index (Phi) is 2.68. The van der Waals surface area contributed by atoms with Crippen LogP contribution in [-0.4, -0.2) is 6.29 Å². The predicted octanol–water partition coefficient (Wildman–Crippen LogP) is 1.72.